The minimum Gasteiger partial charge on any atom is -0.331 e. The maximum absolute atomic E-state index is 5.53. The summed E-state index contributed by atoms with van der Waals surface area (Å²) in [7, 11) is 0. The van der Waals surface area contributed by atoms with Crippen LogP contribution in [-0.2, 0) is 6.54 Å². The minimum atomic E-state index is 0.723. The Hall–Kier alpha value is -1.35. The highest BCUT2D eigenvalue weighted by atomic mass is 15.0. The molecule has 0 saturated carbocycles. The van der Waals surface area contributed by atoms with Gasteiger partial charge < -0.3 is 10.3 Å². The molecule has 0 aromatic carbocycles. The highest BCUT2D eigenvalue weighted by Gasteiger charge is 1.99. The van der Waals surface area contributed by atoms with Gasteiger partial charge in [0.05, 0.1) is 18.2 Å². The summed E-state index contributed by atoms with van der Waals surface area (Å²) in [5.41, 5.74) is 9.49. The second kappa shape index (κ2) is 7.88. The molecule has 0 unspecified atom stereocenters. The number of aromatic nitrogens is 2. The maximum Gasteiger partial charge on any atom is 0.0950 e. The smallest absolute Gasteiger partial charge is 0.0950 e. The zero-order valence-electron chi connectivity index (χ0n) is 11.8. The van der Waals surface area contributed by atoms with E-state index in [0.29, 0.717) is 0 Å². The van der Waals surface area contributed by atoms with Crippen molar-refractivity contribution in [1.82, 2.24) is 9.55 Å². The molecule has 100 valence electrons. The molecule has 0 radical (unpaired) electrons. The Morgan fingerprint density at radius 2 is 2.17 bits per heavy atom. The fourth-order valence-electron chi connectivity index (χ4n) is 1.81. The lowest BCUT2D eigenvalue weighted by Gasteiger charge is -2.05. The van der Waals surface area contributed by atoms with Crippen LogP contribution in [0.5, 0.6) is 0 Å². The van der Waals surface area contributed by atoms with E-state index in [2.05, 4.69) is 42.5 Å². The Morgan fingerprint density at radius 3 is 2.83 bits per heavy atom. The number of nitrogens with two attached hydrogens (primary N) is 1. The van der Waals surface area contributed by atoms with E-state index in [9.17, 15) is 0 Å². The summed E-state index contributed by atoms with van der Waals surface area (Å²) in [6.45, 7) is 8.13. The predicted molar refractivity (Wildman–Crippen MR) is 78.2 cm³/mol. The summed E-state index contributed by atoms with van der Waals surface area (Å²) < 4.78 is 2.16. The lowest BCUT2D eigenvalue weighted by molar-refractivity contribution is 0.646. The highest BCUT2D eigenvalue weighted by Crippen LogP contribution is 2.12. The molecular weight excluding hydrogens is 222 g/mol. The third kappa shape index (κ3) is 5.32. The fourth-order valence-corrected chi connectivity index (χ4v) is 1.81. The van der Waals surface area contributed by atoms with Gasteiger partial charge in [-0.05, 0) is 52.7 Å². The summed E-state index contributed by atoms with van der Waals surface area (Å²) in [6.07, 6.45) is 11.5. The van der Waals surface area contributed by atoms with Crippen LogP contribution < -0.4 is 5.73 Å². The summed E-state index contributed by atoms with van der Waals surface area (Å²) in [5, 5.41) is 0. The Balaban J connectivity index is 2.58. The molecule has 2 N–H and O–H groups in total. The quantitative estimate of drug-likeness (QED) is 0.751. The van der Waals surface area contributed by atoms with E-state index in [1.54, 1.807) is 0 Å². The normalized spacial score (nSPS) is 11.7. The summed E-state index contributed by atoms with van der Waals surface area (Å²) in [5.74, 6) is 0. The Labute approximate surface area is 110 Å². The summed E-state index contributed by atoms with van der Waals surface area (Å²) >= 11 is 0. The molecule has 0 atom stereocenters. The van der Waals surface area contributed by atoms with Crippen LogP contribution in [0.2, 0.25) is 0 Å². The molecule has 3 heteroatoms. The largest absolute Gasteiger partial charge is 0.331 e. The topological polar surface area (TPSA) is 43.8 Å². The van der Waals surface area contributed by atoms with E-state index in [1.807, 2.05) is 12.5 Å². The van der Waals surface area contributed by atoms with E-state index >= 15 is 0 Å². The van der Waals surface area contributed by atoms with Crippen molar-refractivity contribution in [3.05, 3.63) is 35.4 Å². The SMILES string of the molecule is CC(C)=CCC/C(C)=C/c1cncn1CCCN. The summed E-state index contributed by atoms with van der Waals surface area (Å²) in [6, 6.07) is 0. The summed E-state index contributed by atoms with van der Waals surface area (Å²) in [4.78, 5) is 4.20. The molecule has 0 aliphatic heterocycles. The van der Waals surface area contributed by atoms with Crippen LogP contribution in [0.15, 0.2) is 29.7 Å². The number of allylic oxidation sites excluding steroid dienone is 3. The zero-order valence-corrected chi connectivity index (χ0v) is 11.8. The van der Waals surface area contributed by atoms with Crippen molar-refractivity contribution in [3.63, 3.8) is 0 Å². The van der Waals surface area contributed by atoms with Crippen molar-refractivity contribution < 1.29 is 0 Å². The van der Waals surface area contributed by atoms with Gasteiger partial charge in [-0.2, -0.15) is 0 Å². The molecule has 0 fully saturated rings. The fraction of sp³-hybridized carbons (Fsp3) is 0.533. The predicted octanol–water partition coefficient (Wildman–Crippen LogP) is 3.38. The average Bonchev–Trinajstić information content (AvgIpc) is 2.73. The van der Waals surface area contributed by atoms with Crippen molar-refractivity contribution >= 4 is 6.08 Å². The molecule has 0 saturated heterocycles. The zero-order chi connectivity index (χ0) is 13.4. The number of imidazole rings is 1. The van der Waals surface area contributed by atoms with Crippen LogP contribution in [0.3, 0.4) is 0 Å². The number of aryl methyl sites for hydroxylation is 1. The molecular formula is C15H25N3. The molecule has 1 heterocycles. The number of rotatable bonds is 7. The van der Waals surface area contributed by atoms with E-state index < -0.39 is 0 Å². The first-order valence-corrected chi connectivity index (χ1v) is 6.64. The van der Waals surface area contributed by atoms with Crippen LogP contribution in [0, 0.1) is 0 Å². The van der Waals surface area contributed by atoms with Crippen molar-refractivity contribution in [2.45, 2.75) is 46.6 Å². The van der Waals surface area contributed by atoms with Crippen molar-refractivity contribution in [2.24, 2.45) is 5.73 Å². The third-order valence-corrected chi connectivity index (χ3v) is 2.83. The van der Waals surface area contributed by atoms with E-state index in [0.717, 1.165) is 32.4 Å². The van der Waals surface area contributed by atoms with Crippen LogP contribution >= 0.6 is 0 Å². The number of nitrogens with zero attached hydrogens (tertiary/aromatic N) is 2. The second-order valence-electron chi connectivity index (χ2n) is 4.96. The molecule has 1 aromatic heterocycles. The number of hydrogen-bond donors (Lipinski definition) is 1. The first kappa shape index (κ1) is 14.7. The van der Waals surface area contributed by atoms with Crippen molar-refractivity contribution in [2.75, 3.05) is 6.54 Å². The van der Waals surface area contributed by atoms with Crippen LogP contribution in [-0.4, -0.2) is 16.1 Å². The van der Waals surface area contributed by atoms with E-state index in [4.69, 9.17) is 5.73 Å². The molecule has 0 aliphatic rings. The molecule has 0 amide bonds. The first-order valence-electron chi connectivity index (χ1n) is 6.64. The second-order valence-corrected chi connectivity index (χ2v) is 4.96. The van der Waals surface area contributed by atoms with Gasteiger partial charge >= 0.3 is 0 Å². The Bertz CT molecular complexity index is 409. The van der Waals surface area contributed by atoms with Crippen molar-refractivity contribution in [1.29, 1.82) is 0 Å². The molecule has 1 aromatic rings. The van der Waals surface area contributed by atoms with Gasteiger partial charge in [-0.1, -0.05) is 17.2 Å². The highest BCUT2D eigenvalue weighted by molar-refractivity contribution is 5.47. The minimum absolute atomic E-state index is 0.723. The van der Waals surface area contributed by atoms with Crippen LogP contribution in [0.1, 0.15) is 45.7 Å². The van der Waals surface area contributed by atoms with Gasteiger partial charge in [0.15, 0.2) is 0 Å². The molecule has 3 nitrogen and oxygen atoms in total. The standard InChI is InChI=1S/C15H25N3/c1-13(2)6-4-7-14(3)10-15-11-17-12-18(15)9-5-8-16/h6,10-12H,4-5,7-9,16H2,1-3H3/b14-10+. The number of hydrogen-bond acceptors (Lipinski definition) is 2. The Kier molecular flexibility index (Phi) is 6.44. The third-order valence-electron chi connectivity index (χ3n) is 2.83. The molecule has 0 bridgehead atoms. The lowest BCUT2D eigenvalue weighted by atomic mass is 10.1. The van der Waals surface area contributed by atoms with Gasteiger partial charge in [0, 0.05) is 6.54 Å². The van der Waals surface area contributed by atoms with Gasteiger partial charge in [0.25, 0.3) is 0 Å². The molecule has 1 rings (SSSR count). The Morgan fingerprint density at radius 1 is 1.39 bits per heavy atom. The molecule has 18 heavy (non-hydrogen) atoms. The first-order chi connectivity index (χ1) is 8.63. The average molecular weight is 247 g/mol. The van der Waals surface area contributed by atoms with Crippen molar-refractivity contribution in [3.8, 4) is 0 Å². The van der Waals surface area contributed by atoms with Gasteiger partial charge in [0.1, 0.15) is 0 Å². The lowest BCUT2D eigenvalue weighted by Crippen LogP contribution is -2.06. The van der Waals surface area contributed by atoms with Gasteiger partial charge in [-0.15, -0.1) is 0 Å². The monoisotopic (exact) mass is 247 g/mol. The van der Waals surface area contributed by atoms with E-state index in [1.165, 1.54) is 16.8 Å². The van der Waals surface area contributed by atoms with Gasteiger partial charge in [-0.3, -0.25) is 0 Å². The van der Waals surface area contributed by atoms with Crippen LogP contribution in [0.25, 0.3) is 6.08 Å². The molecule has 0 spiro atoms. The maximum atomic E-state index is 5.53. The van der Waals surface area contributed by atoms with E-state index in [-0.39, 0.29) is 0 Å². The van der Waals surface area contributed by atoms with Gasteiger partial charge in [-0.25, -0.2) is 4.98 Å². The van der Waals surface area contributed by atoms with Gasteiger partial charge in [0.2, 0.25) is 0 Å². The van der Waals surface area contributed by atoms with Crippen LogP contribution in [0.4, 0.5) is 0 Å². The molecule has 0 aliphatic carbocycles.